The molecular weight excluding hydrogens is 531 g/mol. The predicted octanol–water partition coefficient (Wildman–Crippen LogP) is 0.597. The molecular formula is C26H41N6NaO5S. The number of anilines is 2. The molecule has 0 saturated heterocycles. The molecule has 1 aromatic rings. The van der Waals surface area contributed by atoms with Gasteiger partial charge in [-0.15, -0.1) is 5.76 Å². The zero-order valence-corrected chi connectivity index (χ0v) is 27.5. The maximum absolute atomic E-state index is 12.8. The molecule has 212 valence electrons. The number of Topliss-reactive ketones (excluding diaryl/α,β-unsaturated/α-hetero) is 1. The molecule has 0 radical (unpaired) electrons. The first-order valence-electron chi connectivity index (χ1n) is 12.6. The molecule has 0 fully saturated rings. The van der Waals surface area contributed by atoms with Gasteiger partial charge >= 0.3 is 35.5 Å². The van der Waals surface area contributed by atoms with Crippen LogP contribution in [0.25, 0.3) is 0 Å². The first-order chi connectivity index (χ1) is 17.9. The van der Waals surface area contributed by atoms with Gasteiger partial charge in [0, 0.05) is 18.2 Å². The van der Waals surface area contributed by atoms with Crippen molar-refractivity contribution in [2.75, 3.05) is 37.2 Å². The average molecular weight is 573 g/mol. The number of nitrogens with zero attached hydrogens (tertiary/aromatic N) is 4. The Balaban J connectivity index is 0.000000784. The Bertz CT molecular complexity index is 1030. The Morgan fingerprint density at radius 1 is 1.28 bits per heavy atom. The van der Waals surface area contributed by atoms with E-state index < -0.39 is 23.1 Å². The van der Waals surface area contributed by atoms with Crippen molar-refractivity contribution >= 4 is 41.1 Å². The Kier molecular flexibility index (Phi) is 17.2. The second-order valence-electron chi connectivity index (χ2n) is 9.46. The number of allylic oxidation sites excluding steroid dienone is 2. The number of thioether (sulfide) groups is 1. The number of oxime groups is 1. The number of aromatic nitrogens is 3. The number of ether oxygens (including phenoxy) is 1. The maximum Gasteiger partial charge on any atom is 1.00 e. The summed E-state index contributed by atoms with van der Waals surface area (Å²) >= 11 is 1.51. The molecule has 1 aliphatic rings. The third-order valence-electron chi connectivity index (χ3n) is 5.31. The molecule has 39 heavy (non-hydrogen) atoms. The summed E-state index contributed by atoms with van der Waals surface area (Å²) in [6, 6.07) is 0.316. The van der Waals surface area contributed by atoms with Gasteiger partial charge in [-0.05, 0) is 45.3 Å². The fourth-order valence-electron chi connectivity index (χ4n) is 3.72. The normalized spacial score (nSPS) is 16.5. The van der Waals surface area contributed by atoms with Crippen LogP contribution in [0.3, 0.4) is 0 Å². The van der Waals surface area contributed by atoms with E-state index in [1.165, 1.54) is 24.9 Å². The molecule has 0 spiro atoms. The van der Waals surface area contributed by atoms with Gasteiger partial charge in [-0.3, -0.25) is 9.59 Å². The summed E-state index contributed by atoms with van der Waals surface area (Å²) in [4.78, 5) is 42.6. The van der Waals surface area contributed by atoms with Crippen LogP contribution in [-0.2, 0) is 19.2 Å². The van der Waals surface area contributed by atoms with Crippen molar-refractivity contribution in [1.29, 1.82) is 0 Å². The number of carbonyl (C=O) groups excluding carboxylic acids is 2. The molecule has 1 aromatic heterocycles. The zero-order chi connectivity index (χ0) is 28.9. The van der Waals surface area contributed by atoms with Crippen molar-refractivity contribution in [3.05, 3.63) is 24.0 Å². The van der Waals surface area contributed by atoms with E-state index >= 15 is 0 Å². The van der Waals surface area contributed by atoms with Gasteiger partial charge < -0.3 is 25.3 Å². The number of ketones is 1. The van der Waals surface area contributed by atoms with E-state index in [1.54, 1.807) is 13.8 Å². The van der Waals surface area contributed by atoms with E-state index in [9.17, 15) is 14.7 Å². The molecule has 1 heterocycles. The standard InChI is InChI=1S/C17H25NO5.C9H17N5S.Na/c1-6-8-11(18-23-9-7-2)13-12(19)10-17(3,4)14(15(13)20)16(21)22-5;1-5-10-7-12-8(11-6(2)3)14-9(13-7)15-4;/h7,14,19H,2,6,8-10H2,1,3-5H3;6H,5H2,1-4H3,(H2,10,11,12,13,14);/q;;+1/p-1/b18-11+;;. The smallest absolute Gasteiger partial charge is 0.875 e. The Morgan fingerprint density at radius 3 is 2.44 bits per heavy atom. The van der Waals surface area contributed by atoms with Crippen molar-refractivity contribution in [2.45, 2.75) is 72.0 Å². The summed E-state index contributed by atoms with van der Waals surface area (Å²) in [6.45, 7) is 15.9. The van der Waals surface area contributed by atoms with Crippen LogP contribution in [0.15, 0.2) is 34.3 Å². The van der Waals surface area contributed by atoms with Crippen LogP contribution in [0.5, 0.6) is 0 Å². The van der Waals surface area contributed by atoms with Crippen molar-refractivity contribution in [3.8, 4) is 0 Å². The molecule has 1 atom stereocenters. The van der Waals surface area contributed by atoms with Gasteiger partial charge in [0.1, 0.15) is 12.5 Å². The Labute approximate surface area is 258 Å². The van der Waals surface area contributed by atoms with E-state index in [2.05, 4.69) is 51.2 Å². The quantitative estimate of drug-likeness (QED) is 0.0530. The van der Waals surface area contributed by atoms with Gasteiger partial charge in [0.2, 0.25) is 11.9 Å². The first-order valence-corrected chi connectivity index (χ1v) is 13.8. The third-order valence-corrected chi connectivity index (χ3v) is 5.86. The summed E-state index contributed by atoms with van der Waals surface area (Å²) < 4.78 is 4.75. The fraction of sp³-hybridized carbons (Fsp3) is 0.615. The van der Waals surface area contributed by atoms with E-state index in [0.29, 0.717) is 30.8 Å². The van der Waals surface area contributed by atoms with Crippen LogP contribution in [0, 0.1) is 11.3 Å². The van der Waals surface area contributed by atoms with Crippen LogP contribution in [0.4, 0.5) is 11.9 Å². The molecule has 13 heteroatoms. The van der Waals surface area contributed by atoms with Crippen molar-refractivity contribution in [3.63, 3.8) is 0 Å². The SMILES string of the molecule is C=CCO/N=C(\CCC)C1=C([O-])CC(C)(C)C(C(=O)OC)C1=O.CCNc1nc(NC(C)C)nc(SC)n1.[Na+]. The van der Waals surface area contributed by atoms with Crippen LogP contribution < -0.4 is 45.3 Å². The summed E-state index contributed by atoms with van der Waals surface area (Å²) in [6.07, 6.45) is 4.65. The minimum atomic E-state index is -1.01. The van der Waals surface area contributed by atoms with Crippen LogP contribution in [0.2, 0.25) is 0 Å². The van der Waals surface area contributed by atoms with E-state index in [4.69, 9.17) is 9.57 Å². The number of rotatable bonds is 12. The number of hydrogen-bond donors (Lipinski definition) is 2. The van der Waals surface area contributed by atoms with Crippen LogP contribution >= 0.6 is 11.8 Å². The Morgan fingerprint density at radius 2 is 1.92 bits per heavy atom. The molecule has 2 N–H and O–H groups in total. The molecule has 0 amide bonds. The van der Waals surface area contributed by atoms with Crippen molar-refractivity contribution in [1.82, 2.24) is 15.0 Å². The van der Waals surface area contributed by atoms with Crippen LogP contribution in [-0.4, -0.2) is 65.0 Å². The van der Waals surface area contributed by atoms with E-state index in [-0.39, 0.29) is 59.6 Å². The van der Waals surface area contributed by atoms with E-state index in [0.717, 1.165) is 11.7 Å². The molecule has 1 unspecified atom stereocenters. The zero-order valence-electron chi connectivity index (χ0n) is 24.7. The maximum atomic E-state index is 12.8. The summed E-state index contributed by atoms with van der Waals surface area (Å²) in [5, 5.41) is 23.3. The van der Waals surface area contributed by atoms with Crippen molar-refractivity contribution < 1.29 is 53.8 Å². The predicted molar refractivity (Wildman–Crippen MR) is 149 cm³/mol. The van der Waals surface area contributed by atoms with Gasteiger partial charge in [-0.1, -0.05) is 56.8 Å². The molecule has 0 bridgehead atoms. The van der Waals surface area contributed by atoms with Gasteiger partial charge in [0.05, 0.1) is 12.8 Å². The molecule has 0 saturated carbocycles. The fourth-order valence-corrected chi connectivity index (χ4v) is 4.07. The van der Waals surface area contributed by atoms with Gasteiger partial charge in [-0.25, -0.2) is 0 Å². The topological polar surface area (TPSA) is 151 Å². The number of nitrogens with one attached hydrogen (secondary N) is 2. The van der Waals surface area contributed by atoms with Gasteiger partial charge in [0.15, 0.2) is 10.9 Å². The van der Waals surface area contributed by atoms with Gasteiger partial charge in [-0.2, -0.15) is 15.0 Å². The first kappa shape index (κ1) is 36.8. The number of carbonyl (C=O) groups is 2. The molecule has 0 aliphatic heterocycles. The number of methoxy groups -OCH3 is 1. The summed E-state index contributed by atoms with van der Waals surface area (Å²) in [7, 11) is 1.23. The molecule has 0 aromatic carbocycles. The molecule has 11 nitrogen and oxygen atoms in total. The summed E-state index contributed by atoms with van der Waals surface area (Å²) in [5.41, 5.74) is -0.538. The van der Waals surface area contributed by atoms with Crippen molar-refractivity contribution in [2.24, 2.45) is 16.5 Å². The summed E-state index contributed by atoms with van der Waals surface area (Å²) in [5.74, 6) is -1.24. The molecule has 2 rings (SSSR count). The second kappa shape index (κ2) is 18.2. The minimum Gasteiger partial charge on any atom is -0.875 e. The molecule has 1 aliphatic carbocycles. The monoisotopic (exact) mass is 572 g/mol. The minimum absolute atomic E-state index is 0. The van der Waals surface area contributed by atoms with E-state index in [1.807, 2.05) is 20.1 Å². The number of esters is 1. The average Bonchev–Trinajstić information content (AvgIpc) is 2.83. The Hall–Kier alpha value is -2.15. The van der Waals surface area contributed by atoms with Gasteiger partial charge in [0.25, 0.3) is 0 Å². The largest absolute Gasteiger partial charge is 1.00 e. The third kappa shape index (κ3) is 11.5. The number of hydrogen-bond acceptors (Lipinski definition) is 12. The second-order valence-corrected chi connectivity index (χ2v) is 10.2. The van der Waals surface area contributed by atoms with Crippen LogP contribution in [0.1, 0.15) is 60.8 Å².